The Hall–Kier alpha value is -0.650. The van der Waals surface area contributed by atoms with Gasteiger partial charge in [-0.1, -0.05) is 84.5 Å². The van der Waals surface area contributed by atoms with E-state index in [2.05, 4.69) is 19.2 Å². The highest BCUT2D eigenvalue weighted by Gasteiger charge is 2.10. The highest BCUT2D eigenvalue weighted by atomic mass is 16.5. The first-order chi connectivity index (χ1) is 14.1. The lowest BCUT2D eigenvalue weighted by atomic mass is 9.92. The highest BCUT2D eigenvalue weighted by molar-refractivity contribution is 5.69. The van der Waals surface area contributed by atoms with Gasteiger partial charge in [-0.15, -0.1) is 0 Å². The Labute approximate surface area is 180 Å². The summed E-state index contributed by atoms with van der Waals surface area (Å²) < 4.78 is 5.49. The molecule has 5 heteroatoms. The fourth-order valence-corrected chi connectivity index (χ4v) is 3.59. The fourth-order valence-electron chi connectivity index (χ4n) is 3.59. The quantitative estimate of drug-likeness (QED) is 0.172. The van der Waals surface area contributed by atoms with E-state index in [-0.39, 0.29) is 12.6 Å². The zero-order valence-electron chi connectivity index (χ0n) is 19.3. The van der Waals surface area contributed by atoms with Gasteiger partial charge in [-0.3, -0.25) is 4.79 Å². The second kappa shape index (κ2) is 22.0. The van der Waals surface area contributed by atoms with Crippen LogP contribution in [0.25, 0.3) is 0 Å². The number of unbranched alkanes of at least 4 members (excludes halogenated alkanes) is 8. The molecule has 5 nitrogen and oxygen atoms in total. The Kier molecular flexibility index (Phi) is 21.6. The maximum atomic E-state index is 11.9. The van der Waals surface area contributed by atoms with Gasteiger partial charge in [-0.2, -0.15) is 0 Å². The van der Waals surface area contributed by atoms with Crippen molar-refractivity contribution in [3.8, 4) is 0 Å². The largest absolute Gasteiger partial charge is 0.466 e. The number of carbonyl (C=O) groups is 1. The average Bonchev–Trinajstić information content (AvgIpc) is 2.72. The van der Waals surface area contributed by atoms with Crippen LogP contribution in [0.5, 0.6) is 0 Å². The van der Waals surface area contributed by atoms with E-state index in [1.807, 2.05) is 0 Å². The molecule has 1 atom stereocenters. The normalized spacial score (nSPS) is 12.4. The third-order valence-corrected chi connectivity index (χ3v) is 5.55. The molecule has 0 amide bonds. The van der Waals surface area contributed by atoms with Crippen LogP contribution < -0.4 is 5.32 Å². The molecule has 0 aromatic heterocycles. The summed E-state index contributed by atoms with van der Waals surface area (Å²) in [6.07, 6.45) is 16.6. The molecule has 0 aliphatic carbocycles. The number of nitrogens with one attached hydrogen (secondary N) is 1. The number of hydrogen-bond donors (Lipinski definition) is 3. The van der Waals surface area contributed by atoms with Crippen molar-refractivity contribution in [3.63, 3.8) is 0 Å². The molecule has 0 radical (unpaired) electrons. The zero-order chi connectivity index (χ0) is 21.6. The van der Waals surface area contributed by atoms with Gasteiger partial charge in [-0.05, 0) is 31.7 Å². The summed E-state index contributed by atoms with van der Waals surface area (Å²) in [5, 5.41) is 21.0. The summed E-state index contributed by atoms with van der Waals surface area (Å²) in [7, 11) is 0. The maximum absolute atomic E-state index is 11.9. The number of carbonyl (C=O) groups excluding carboxylic acids is 1. The third-order valence-electron chi connectivity index (χ3n) is 5.55. The van der Waals surface area contributed by atoms with Crippen LogP contribution in [-0.2, 0) is 9.53 Å². The molecule has 0 saturated heterocycles. The van der Waals surface area contributed by atoms with Gasteiger partial charge >= 0.3 is 5.97 Å². The van der Waals surface area contributed by atoms with Gasteiger partial charge in [0.2, 0.25) is 0 Å². The van der Waals surface area contributed by atoms with E-state index in [1.54, 1.807) is 0 Å². The summed E-state index contributed by atoms with van der Waals surface area (Å²) >= 11 is 0. The predicted octanol–water partition coefficient (Wildman–Crippen LogP) is 4.98. The van der Waals surface area contributed by atoms with Crippen molar-refractivity contribution in [1.82, 2.24) is 5.32 Å². The van der Waals surface area contributed by atoms with E-state index in [9.17, 15) is 9.90 Å². The lowest BCUT2D eigenvalue weighted by molar-refractivity contribution is -0.144. The molecular formula is C24H49NO4. The lowest BCUT2D eigenvalue weighted by Gasteiger charge is -2.17. The SMILES string of the molecule is CCCCCCC(CCCCCC)CCOC(=O)CCCCCNCC(O)CO. The molecule has 0 rings (SSSR count). The van der Waals surface area contributed by atoms with Crippen LogP contribution in [0.2, 0.25) is 0 Å². The van der Waals surface area contributed by atoms with Crippen LogP contribution >= 0.6 is 0 Å². The van der Waals surface area contributed by atoms with Gasteiger partial charge in [-0.25, -0.2) is 0 Å². The molecule has 0 spiro atoms. The molecule has 0 aromatic rings. The summed E-state index contributed by atoms with van der Waals surface area (Å²) in [4.78, 5) is 11.9. The van der Waals surface area contributed by atoms with Crippen LogP contribution in [0.3, 0.4) is 0 Å². The minimum atomic E-state index is -0.688. The molecule has 0 saturated carbocycles. The van der Waals surface area contributed by atoms with Crippen LogP contribution in [-0.4, -0.2) is 48.6 Å². The third kappa shape index (κ3) is 20.4. The van der Waals surface area contributed by atoms with Crippen molar-refractivity contribution in [1.29, 1.82) is 0 Å². The molecular weight excluding hydrogens is 366 g/mol. The second-order valence-electron chi connectivity index (χ2n) is 8.43. The molecule has 3 N–H and O–H groups in total. The van der Waals surface area contributed by atoms with E-state index in [4.69, 9.17) is 9.84 Å². The summed E-state index contributed by atoms with van der Waals surface area (Å²) in [5.41, 5.74) is 0. The van der Waals surface area contributed by atoms with Crippen molar-refractivity contribution in [2.24, 2.45) is 5.92 Å². The number of aliphatic hydroxyl groups excluding tert-OH is 2. The van der Waals surface area contributed by atoms with E-state index in [0.717, 1.165) is 32.2 Å². The van der Waals surface area contributed by atoms with Crippen molar-refractivity contribution in [3.05, 3.63) is 0 Å². The first-order valence-electron chi connectivity index (χ1n) is 12.3. The maximum Gasteiger partial charge on any atom is 0.305 e. The zero-order valence-corrected chi connectivity index (χ0v) is 19.3. The summed E-state index contributed by atoms with van der Waals surface area (Å²) in [6, 6.07) is 0. The second-order valence-corrected chi connectivity index (χ2v) is 8.43. The lowest BCUT2D eigenvalue weighted by Crippen LogP contribution is -2.29. The predicted molar refractivity (Wildman–Crippen MR) is 121 cm³/mol. The molecule has 0 aliphatic rings. The van der Waals surface area contributed by atoms with Gasteiger partial charge in [0.15, 0.2) is 0 Å². The Morgan fingerprint density at radius 2 is 1.48 bits per heavy atom. The Bertz CT molecular complexity index is 340. The van der Waals surface area contributed by atoms with Gasteiger partial charge in [0.25, 0.3) is 0 Å². The van der Waals surface area contributed by atoms with Gasteiger partial charge in [0.05, 0.1) is 19.3 Å². The minimum Gasteiger partial charge on any atom is -0.466 e. The minimum absolute atomic E-state index is 0.0654. The van der Waals surface area contributed by atoms with E-state index >= 15 is 0 Å². The Morgan fingerprint density at radius 3 is 2.07 bits per heavy atom. The first-order valence-corrected chi connectivity index (χ1v) is 12.3. The van der Waals surface area contributed by atoms with Gasteiger partial charge in [0, 0.05) is 13.0 Å². The summed E-state index contributed by atoms with van der Waals surface area (Å²) in [6.45, 7) is 6.07. The van der Waals surface area contributed by atoms with Crippen molar-refractivity contribution >= 4 is 5.97 Å². The number of aliphatic hydroxyl groups is 2. The van der Waals surface area contributed by atoms with Crippen molar-refractivity contribution in [2.45, 2.75) is 116 Å². The Morgan fingerprint density at radius 1 is 0.862 bits per heavy atom. The monoisotopic (exact) mass is 415 g/mol. The standard InChI is InChI=1S/C24H49NO4/c1-3-5-7-10-14-22(15-11-8-6-4-2)17-19-29-24(28)16-12-9-13-18-25-20-23(27)21-26/h22-23,25-27H,3-21H2,1-2H3. The average molecular weight is 416 g/mol. The molecule has 29 heavy (non-hydrogen) atoms. The number of ether oxygens (including phenoxy) is 1. The fraction of sp³-hybridized carbons (Fsp3) is 0.958. The summed E-state index contributed by atoms with van der Waals surface area (Å²) in [5.74, 6) is 0.640. The molecule has 0 fully saturated rings. The molecule has 1 unspecified atom stereocenters. The van der Waals surface area contributed by atoms with Crippen molar-refractivity contribution < 1.29 is 19.7 Å². The van der Waals surface area contributed by atoms with E-state index in [1.165, 1.54) is 64.2 Å². The molecule has 0 aromatic carbocycles. The first kappa shape index (κ1) is 28.4. The molecule has 174 valence electrons. The van der Waals surface area contributed by atoms with Gasteiger partial charge in [0.1, 0.15) is 0 Å². The van der Waals surface area contributed by atoms with Crippen LogP contribution in [0.15, 0.2) is 0 Å². The smallest absolute Gasteiger partial charge is 0.305 e. The highest BCUT2D eigenvalue weighted by Crippen LogP contribution is 2.21. The number of esters is 1. The molecule has 0 bridgehead atoms. The number of rotatable bonds is 22. The van der Waals surface area contributed by atoms with Gasteiger partial charge < -0.3 is 20.3 Å². The topological polar surface area (TPSA) is 78.8 Å². The van der Waals surface area contributed by atoms with Crippen LogP contribution in [0, 0.1) is 5.92 Å². The molecule has 0 heterocycles. The van der Waals surface area contributed by atoms with Crippen LogP contribution in [0.4, 0.5) is 0 Å². The number of hydrogen-bond acceptors (Lipinski definition) is 5. The molecule has 0 aliphatic heterocycles. The Balaban J connectivity index is 3.77. The van der Waals surface area contributed by atoms with E-state index < -0.39 is 6.10 Å². The van der Waals surface area contributed by atoms with Crippen molar-refractivity contribution in [2.75, 3.05) is 26.3 Å². The van der Waals surface area contributed by atoms with E-state index in [0.29, 0.717) is 25.5 Å². The van der Waals surface area contributed by atoms with Crippen LogP contribution in [0.1, 0.15) is 110 Å².